The minimum absolute atomic E-state index is 0.0465. The SMILES string of the molecule is NCC(O)COc1cccc2c1OC(F)(F)C(F)O2. The molecule has 0 aromatic heterocycles. The molecule has 0 bridgehead atoms. The first-order valence-electron chi connectivity index (χ1n) is 5.45. The summed E-state index contributed by atoms with van der Waals surface area (Å²) in [5.41, 5.74) is 5.18. The summed E-state index contributed by atoms with van der Waals surface area (Å²) in [4.78, 5) is 0. The van der Waals surface area contributed by atoms with Crippen LogP contribution in [0.2, 0.25) is 0 Å². The molecular weight excluding hydrogens is 267 g/mol. The predicted octanol–water partition coefficient (Wildman–Crippen LogP) is 1.04. The van der Waals surface area contributed by atoms with Gasteiger partial charge in [0.1, 0.15) is 12.7 Å². The Labute approximate surface area is 106 Å². The van der Waals surface area contributed by atoms with Gasteiger partial charge in [-0.15, -0.1) is 0 Å². The third-order valence-electron chi connectivity index (χ3n) is 2.38. The van der Waals surface area contributed by atoms with Crippen LogP contribution in [-0.2, 0) is 0 Å². The van der Waals surface area contributed by atoms with Crippen LogP contribution in [0.3, 0.4) is 0 Å². The fraction of sp³-hybridized carbons (Fsp3) is 0.455. The molecule has 1 aliphatic heterocycles. The third-order valence-corrected chi connectivity index (χ3v) is 2.38. The van der Waals surface area contributed by atoms with Crippen molar-refractivity contribution in [2.24, 2.45) is 5.73 Å². The molecule has 19 heavy (non-hydrogen) atoms. The molecule has 1 heterocycles. The van der Waals surface area contributed by atoms with Crippen molar-refractivity contribution in [3.8, 4) is 17.2 Å². The van der Waals surface area contributed by atoms with Gasteiger partial charge in [-0.25, -0.2) is 0 Å². The van der Waals surface area contributed by atoms with Crippen molar-refractivity contribution in [3.63, 3.8) is 0 Å². The molecule has 3 N–H and O–H groups in total. The maximum atomic E-state index is 13.1. The highest BCUT2D eigenvalue weighted by molar-refractivity contribution is 5.52. The van der Waals surface area contributed by atoms with Crippen molar-refractivity contribution < 1.29 is 32.5 Å². The number of hydrogen-bond acceptors (Lipinski definition) is 5. The van der Waals surface area contributed by atoms with Crippen molar-refractivity contribution in [2.45, 2.75) is 18.6 Å². The number of fused-ring (bicyclic) bond motifs is 1. The van der Waals surface area contributed by atoms with E-state index in [1.165, 1.54) is 18.2 Å². The van der Waals surface area contributed by atoms with E-state index in [0.717, 1.165) is 0 Å². The molecule has 0 amide bonds. The van der Waals surface area contributed by atoms with E-state index in [1.807, 2.05) is 0 Å². The Balaban J connectivity index is 2.21. The third kappa shape index (κ3) is 2.85. The number of nitrogens with two attached hydrogens (primary N) is 1. The van der Waals surface area contributed by atoms with Crippen LogP contribution in [0.25, 0.3) is 0 Å². The van der Waals surface area contributed by atoms with Crippen molar-refractivity contribution in [1.29, 1.82) is 0 Å². The molecule has 5 nitrogen and oxygen atoms in total. The van der Waals surface area contributed by atoms with Gasteiger partial charge in [0.05, 0.1) is 0 Å². The zero-order valence-electron chi connectivity index (χ0n) is 9.68. The summed E-state index contributed by atoms with van der Waals surface area (Å²) >= 11 is 0. The normalized spacial score (nSPS) is 21.8. The van der Waals surface area contributed by atoms with Gasteiger partial charge in [0.25, 0.3) is 0 Å². The van der Waals surface area contributed by atoms with Gasteiger partial charge < -0.3 is 25.1 Å². The maximum Gasteiger partial charge on any atom is 0.468 e. The maximum absolute atomic E-state index is 13.1. The van der Waals surface area contributed by atoms with Crippen molar-refractivity contribution in [2.75, 3.05) is 13.2 Å². The van der Waals surface area contributed by atoms with Crippen LogP contribution >= 0.6 is 0 Å². The molecule has 1 aromatic carbocycles. The summed E-state index contributed by atoms with van der Waals surface area (Å²) in [6.07, 6.45) is -7.93. The van der Waals surface area contributed by atoms with Gasteiger partial charge in [-0.1, -0.05) is 6.07 Å². The highest BCUT2D eigenvalue weighted by Gasteiger charge is 2.50. The molecule has 1 aliphatic rings. The fourth-order valence-electron chi connectivity index (χ4n) is 1.42. The number of hydrogen-bond donors (Lipinski definition) is 2. The zero-order chi connectivity index (χ0) is 14.0. The monoisotopic (exact) mass is 279 g/mol. The minimum atomic E-state index is -4.10. The van der Waals surface area contributed by atoms with Gasteiger partial charge in [0, 0.05) is 6.54 Å². The van der Waals surface area contributed by atoms with Crippen LogP contribution in [0, 0.1) is 0 Å². The molecule has 106 valence electrons. The van der Waals surface area contributed by atoms with E-state index >= 15 is 0 Å². The zero-order valence-corrected chi connectivity index (χ0v) is 9.68. The smallest absolute Gasteiger partial charge is 0.468 e. The van der Waals surface area contributed by atoms with E-state index in [2.05, 4.69) is 9.47 Å². The van der Waals surface area contributed by atoms with Gasteiger partial charge in [-0.05, 0) is 12.1 Å². The number of aliphatic hydroxyl groups excluding tert-OH is 1. The van der Waals surface area contributed by atoms with E-state index in [9.17, 15) is 18.3 Å². The van der Waals surface area contributed by atoms with Crippen LogP contribution in [-0.4, -0.2) is 36.8 Å². The molecule has 0 saturated carbocycles. The Hall–Kier alpha value is -1.67. The van der Waals surface area contributed by atoms with E-state index in [-0.39, 0.29) is 24.7 Å². The van der Waals surface area contributed by atoms with Gasteiger partial charge in [0.15, 0.2) is 11.5 Å². The Morgan fingerprint density at radius 2 is 2.21 bits per heavy atom. The number of rotatable bonds is 4. The highest BCUT2D eigenvalue weighted by atomic mass is 19.3. The second kappa shape index (κ2) is 5.14. The Bertz CT molecular complexity index is 458. The molecule has 2 atom stereocenters. The Morgan fingerprint density at radius 1 is 1.47 bits per heavy atom. The second-order valence-corrected chi connectivity index (χ2v) is 3.88. The van der Waals surface area contributed by atoms with E-state index in [0.29, 0.717) is 0 Å². The van der Waals surface area contributed by atoms with Crippen molar-refractivity contribution in [1.82, 2.24) is 0 Å². The number of para-hydroxylation sites is 1. The quantitative estimate of drug-likeness (QED) is 0.861. The Morgan fingerprint density at radius 3 is 2.89 bits per heavy atom. The topological polar surface area (TPSA) is 73.9 Å². The predicted molar refractivity (Wildman–Crippen MR) is 58.1 cm³/mol. The molecule has 0 saturated heterocycles. The van der Waals surface area contributed by atoms with E-state index < -0.39 is 24.3 Å². The van der Waals surface area contributed by atoms with E-state index in [4.69, 9.17) is 10.5 Å². The first-order chi connectivity index (χ1) is 8.94. The highest BCUT2D eigenvalue weighted by Crippen LogP contribution is 2.45. The summed E-state index contributed by atoms with van der Waals surface area (Å²) in [5.74, 6) is -0.694. The van der Waals surface area contributed by atoms with Crippen LogP contribution in [0.15, 0.2) is 18.2 Å². The summed E-state index contributed by atoms with van der Waals surface area (Å²) < 4.78 is 52.9. The summed E-state index contributed by atoms with van der Waals surface area (Å²) in [7, 11) is 0. The molecule has 0 fully saturated rings. The van der Waals surface area contributed by atoms with Gasteiger partial charge in [0.2, 0.25) is 5.75 Å². The lowest BCUT2D eigenvalue weighted by atomic mass is 10.2. The molecule has 2 rings (SSSR count). The number of benzene rings is 1. The first kappa shape index (κ1) is 13.8. The molecule has 0 radical (unpaired) electrons. The Kier molecular flexibility index (Phi) is 3.72. The molecular formula is C11H12F3NO4. The van der Waals surface area contributed by atoms with E-state index in [1.54, 1.807) is 0 Å². The number of alkyl halides is 3. The molecule has 1 aromatic rings. The minimum Gasteiger partial charge on any atom is -0.487 e. The molecule has 2 unspecified atom stereocenters. The number of ether oxygens (including phenoxy) is 3. The average Bonchev–Trinajstić information content (AvgIpc) is 2.37. The fourth-order valence-corrected chi connectivity index (χ4v) is 1.42. The number of aliphatic hydroxyl groups is 1. The van der Waals surface area contributed by atoms with Crippen LogP contribution in [0.5, 0.6) is 17.2 Å². The standard InChI is InChI=1S/C11H12F3NO4/c12-10-11(13,14)19-9-7(17-5-6(16)4-15)2-1-3-8(9)18-10/h1-3,6,10,16H,4-5,15H2. The lowest BCUT2D eigenvalue weighted by Gasteiger charge is -2.29. The largest absolute Gasteiger partial charge is 0.487 e. The van der Waals surface area contributed by atoms with Crippen LogP contribution in [0.4, 0.5) is 13.2 Å². The van der Waals surface area contributed by atoms with Gasteiger partial charge >= 0.3 is 12.5 Å². The summed E-state index contributed by atoms with van der Waals surface area (Å²) in [5, 5.41) is 9.24. The summed E-state index contributed by atoms with van der Waals surface area (Å²) in [6.45, 7) is -0.254. The molecule has 0 aliphatic carbocycles. The average molecular weight is 279 g/mol. The lowest BCUT2D eigenvalue weighted by Crippen LogP contribution is -2.43. The molecule has 0 spiro atoms. The summed E-state index contributed by atoms with van der Waals surface area (Å²) in [6, 6.07) is 4.02. The second-order valence-electron chi connectivity index (χ2n) is 3.88. The van der Waals surface area contributed by atoms with Crippen LogP contribution < -0.4 is 19.9 Å². The van der Waals surface area contributed by atoms with Crippen molar-refractivity contribution in [3.05, 3.63) is 18.2 Å². The lowest BCUT2D eigenvalue weighted by molar-refractivity contribution is -0.282. The number of halogens is 3. The first-order valence-corrected chi connectivity index (χ1v) is 5.45. The van der Waals surface area contributed by atoms with Crippen molar-refractivity contribution >= 4 is 0 Å². The van der Waals surface area contributed by atoms with Gasteiger partial charge in [-0.3, -0.25) is 0 Å². The van der Waals surface area contributed by atoms with Crippen LogP contribution in [0.1, 0.15) is 0 Å². The van der Waals surface area contributed by atoms with Gasteiger partial charge in [-0.2, -0.15) is 13.2 Å². The molecule has 8 heteroatoms.